The zero-order valence-electron chi connectivity index (χ0n) is 52.0. The molecule has 10 unspecified atom stereocenters. The van der Waals surface area contributed by atoms with Crippen molar-refractivity contribution in [3.8, 4) is 0 Å². The van der Waals surface area contributed by atoms with E-state index in [0.717, 1.165) is 86.0 Å². The highest BCUT2D eigenvalue weighted by Gasteiger charge is 2.58. The lowest BCUT2D eigenvalue weighted by atomic mass is 9.93. The molecule has 90 heavy (non-hydrogen) atoms. The predicted octanol–water partition coefficient (Wildman–Crippen LogP) is -4.62. The van der Waals surface area contributed by atoms with Crippen LogP contribution in [0.4, 0.5) is 0 Å². The fraction of sp³-hybridized carbons (Fsp3) is 0.862. The molecule has 5 saturated heterocycles. The number of esters is 1. The highest BCUT2D eigenvalue weighted by atomic mass is 16.8. The molecule has 5 amide bonds. The zero-order chi connectivity index (χ0) is 66.4. The van der Waals surface area contributed by atoms with Gasteiger partial charge in [0.2, 0.25) is 29.5 Å². The van der Waals surface area contributed by atoms with Crippen molar-refractivity contribution in [3.63, 3.8) is 0 Å². The largest absolute Gasteiger partial charge is 0.463 e. The summed E-state index contributed by atoms with van der Waals surface area (Å²) in [6, 6.07) is -8.18. The molecule has 5 fully saturated rings. The molecule has 5 aliphatic heterocycles. The molecule has 5 rings (SSSR count). The van der Waals surface area contributed by atoms with Crippen LogP contribution in [0.3, 0.4) is 0 Å². The van der Waals surface area contributed by atoms with Gasteiger partial charge in [-0.1, -0.05) is 70.4 Å². The van der Waals surface area contributed by atoms with E-state index in [1.54, 1.807) is 0 Å². The van der Waals surface area contributed by atoms with E-state index in [9.17, 15) is 84.9 Å². The Kier molecular flexibility index (Phi) is 32.5. The molecule has 518 valence electrons. The highest BCUT2D eigenvalue weighted by molar-refractivity contribution is 5.76. The standard InChI is InChI=1S/C58H99N5O27/c1-7-8-9-10-11-12-13-14-15-16-17-18-19-20-21-22-38(73)63-40-45(75)44(74)37(27-81-32(6)72)86-55(40)88-51-34(24-65)84-57(42(47(51)77)61-30(4)70)90-53-36(26-67)85-58(43(49(53)79)62-31(5)71)89-52-35(25-66)83-56(41(48(52)78)60-29(3)69)87-50-33(23-64)82-54(80)39(46(50)76)59-28(2)68/h12-13,33-37,39-58,64-67,74-80H,7-11,14-27H2,1-6H3,(H,59,68)(H,60,69)(H,61,70)(H,62,71)(H,63,73)/b13-12-/t33?,34?,35?,36?,37?,39?,40?,41?,42?,43?,44-,45-,46-,47-,48-,49-,50-,51-,52-,53-,54-,55+,56+,57+,58+/m1/s1. The quantitative estimate of drug-likeness (QED) is 0.0164. The maximum absolute atomic E-state index is 13.5. The SMILES string of the molecule is CCCCCC/C=C\CCCCCCCCCC(=O)NC1[C@H](O[C@@H]2C(CO)O[C@@H](O[C@@H]3C(CO)O[C@@H](O[C@@H]4C(CO)O[C@@H](O[C@@H]5C(CO)O[C@@H](O)C(NC(C)=O)[C@H]5O)C(NC(C)=O)[C@H]4O)C(NC(C)=O)[C@H]3O)C(NC(C)=O)[C@H]2O)OC(COC(C)=O)[C@@H](O)[C@@H]1O. The first-order valence-corrected chi connectivity index (χ1v) is 31.1. The van der Waals surface area contributed by atoms with E-state index in [2.05, 4.69) is 45.7 Å². The lowest BCUT2D eigenvalue weighted by Crippen LogP contribution is -2.72. The van der Waals surface area contributed by atoms with Gasteiger partial charge in [0.1, 0.15) is 128 Å². The average Bonchev–Trinajstić information content (AvgIpc) is 0.805. The molecule has 25 atom stereocenters. The first kappa shape index (κ1) is 76.5. The highest BCUT2D eigenvalue weighted by Crippen LogP contribution is 2.36. The fourth-order valence-corrected chi connectivity index (χ4v) is 11.6. The van der Waals surface area contributed by atoms with Crippen molar-refractivity contribution in [1.82, 2.24) is 26.6 Å². The van der Waals surface area contributed by atoms with Gasteiger partial charge >= 0.3 is 5.97 Å². The van der Waals surface area contributed by atoms with Gasteiger partial charge in [-0.2, -0.15) is 0 Å². The van der Waals surface area contributed by atoms with Gasteiger partial charge in [-0.3, -0.25) is 28.8 Å². The Hall–Kier alpha value is -4.24. The van der Waals surface area contributed by atoms with Crippen LogP contribution in [0.2, 0.25) is 0 Å². The van der Waals surface area contributed by atoms with E-state index >= 15 is 0 Å². The predicted molar refractivity (Wildman–Crippen MR) is 308 cm³/mol. The molecule has 0 aromatic heterocycles. The summed E-state index contributed by atoms with van der Waals surface area (Å²) in [5.41, 5.74) is 0. The van der Waals surface area contributed by atoms with Crippen LogP contribution in [0.5, 0.6) is 0 Å². The van der Waals surface area contributed by atoms with Crippen molar-refractivity contribution in [2.24, 2.45) is 0 Å². The number of allylic oxidation sites excluding steroid dienone is 2. The maximum atomic E-state index is 13.5. The van der Waals surface area contributed by atoms with Crippen molar-refractivity contribution >= 4 is 35.5 Å². The van der Waals surface area contributed by atoms with Gasteiger partial charge in [-0.05, 0) is 32.1 Å². The molecule has 5 aliphatic rings. The normalized spacial score (nSPS) is 37.2. The smallest absolute Gasteiger partial charge is 0.302 e. The number of carbonyl (C=O) groups excluding carboxylic acids is 6. The fourth-order valence-electron chi connectivity index (χ4n) is 11.6. The van der Waals surface area contributed by atoms with Gasteiger partial charge in [-0.15, -0.1) is 0 Å². The minimum atomic E-state index is -2.02. The summed E-state index contributed by atoms with van der Waals surface area (Å²) in [7, 11) is 0. The van der Waals surface area contributed by atoms with Crippen LogP contribution in [0.1, 0.15) is 131 Å². The molecule has 32 heteroatoms. The van der Waals surface area contributed by atoms with Crippen molar-refractivity contribution in [2.75, 3.05) is 33.0 Å². The summed E-state index contributed by atoms with van der Waals surface area (Å²) in [5, 5.41) is 135. The summed E-state index contributed by atoms with van der Waals surface area (Å²) < 4.78 is 59.3. The Labute approximate surface area is 522 Å². The zero-order valence-corrected chi connectivity index (χ0v) is 52.0. The lowest BCUT2D eigenvalue weighted by Gasteiger charge is -2.51. The number of aliphatic hydroxyl groups is 11. The number of amides is 5. The molecular formula is C58H99N5O27. The second-order valence-electron chi connectivity index (χ2n) is 23.4. The van der Waals surface area contributed by atoms with Gasteiger partial charge in [0.05, 0.1) is 26.4 Å². The van der Waals surface area contributed by atoms with E-state index in [-0.39, 0.29) is 6.42 Å². The van der Waals surface area contributed by atoms with Crippen LogP contribution >= 0.6 is 0 Å². The first-order valence-electron chi connectivity index (χ1n) is 31.1. The lowest BCUT2D eigenvalue weighted by molar-refractivity contribution is -0.367. The molecule has 5 heterocycles. The summed E-state index contributed by atoms with van der Waals surface area (Å²) in [6.45, 7) is 3.11. The van der Waals surface area contributed by atoms with Crippen LogP contribution in [-0.4, -0.2) is 278 Å². The van der Waals surface area contributed by atoms with Crippen LogP contribution in [0, 0.1) is 0 Å². The third-order valence-electron chi connectivity index (χ3n) is 16.2. The minimum Gasteiger partial charge on any atom is -0.463 e. The van der Waals surface area contributed by atoms with Gasteiger partial charge in [0.25, 0.3) is 0 Å². The van der Waals surface area contributed by atoms with Crippen molar-refractivity contribution < 1.29 is 132 Å². The number of aliphatic hydroxyl groups excluding tert-OH is 11. The van der Waals surface area contributed by atoms with E-state index in [1.807, 2.05) is 0 Å². The number of hydrogen-bond acceptors (Lipinski definition) is 27. The molecular weight excluding hydrogens is 1200 g/mol. The van der Waals surface area contributed by atoms with E-state index in [4.69, 9.17) is 47.4 Å². The van der Waals surface area contributed by atoms with Crippen LogP contribution in [-0.2, 0) is 76.1 Å². The Balaban J connectivity index is 1.31. The van der Waals surface area contributed by atoms with Crippen LogP contribution in [0.25, 0.3) is 0 Å². The number of unbranched alkanes of at least 4 members (excludes halogenated alkanes) is 11. The van der Waals surface area contributed by atoms with Crippen LogP contribution in [0.15, 0.2) is 12.2 Å². The number of ether oxygens (including phenoxy) is 10. The van der Waals surface area contributed by atoms with Crippen molar-refractivity contribution in [3.05, 3.63) is 12.2 Å². The monoisotopic (exact) mass is 1300 g/mol. The summed E-state index contributed by atoms with van der Waals surface area (Å²) in [6.07, 6.45) is -17.6. The van der Waals surface area contributed by atoms with Gasteiger partial charge < -0.3 is 130 Å². The third-order valence-corrected chi connectivity index (χ3v) is 16.2. The first-order chi connectivity index (χ1) is 42.9. The minimum absolute atomic E-state index is 0.00827. The Morgan fingerprint density at radius 2 is 0.711 bits per heavy atom. The van der Waals surface area contributed by atoms with Gasteiger partial charge in [0.15, 0.2) is 31.5 Å². The Morgan fingerprint density at radius 3 is 1.08 bits per heavy atom. The maximum Gasteiger partial charge on any atom is 0.302 e. The molecule has 0 spiro atoms. The third kappa shape index (κ3) is 21.9. The number of nitrogens with one attached hydrogen (secondary N) is 5. The molecule has 16 N–H and O–H groups in total. The summed E-state index contributed by atoms with van der Waals surface area (Å²) in [4.78, 5) is 75.6. The van der Waals surface area contributed by atoms with Crippen LogP contribution < -0.4 is 26.6 Å². The summed E-state index contributed by atoms with van der Waals surface area (Å²) in [5.74, 6) is -4.40. The number of rotatable bonds is 34. The Bertz CT molecular complexity index is 2250. The molecule has 0 aromatic rings. The van der Waals surface area contributed by atoms with E-state index in [0.29, 0.717) is 6.42 Å². The number of carbonyl (C=O) groups is 6. The number of hydrogen-bond donors (Lipinski definition) is 16. The summed E-state index contributed by atoms with van der Waals surface area (Å²) >= 11 is 0. The second-order valence-corrected chi connectivity index (χ2v) is 23.4. The van der Waals surface area contributed by atoms with Crippen molar-refractivity contribution in [1.29, 1.82) is 0 Å². The van der Waals surface area contributed by atoms with Crippen molar-refractivity contribution in [2.45, 2.75) is 285 Å². The average molecular weight is 1300 g/mol. The molecule has 0 saturated carbocycles. The molecule has 0 radical (unpaired) electrons. The molecule has 0 aromatic carbocycles. The van der Waals surface area contributed by atoms with Gasteiger partial charge in [0, 0.05) is 41.0 Å². The second kappa shape index (κ2) is 38.2. The molecule has 32 nitrogen and oxygen atoms in total. The van der Waals surface area contributed by atoms with Gasteiger partial charge in [-0.25, -0.2) is 0 Å². The topological polar surface area (TPSA) is 477 Å². The molecule has 0 bridgehead atoms. The molecule has 0 aliphatic carbocycles. The Morgan fingerprint density at radius 1 is 0.389 bits per heavy atom. The van der Waals surface area contributed by atoms with E-state index < -0.39 is 222 Å². The van der Waals surface area contributed by atoms with E-state index in [1.165, 1.54) is 25.7 Å².